The van der Waals surface area contributed by atoms with E-state index in [4.69, 9.17) is 27.6 Å². The highest BCUT2D eigenvalue weighted by atomic mass is 35.5. The number of furan rings is 1. The molecule has 0 saturated carbocycles. The molecule has 148 valence electrons. The first-order chi connectivity index (χ1) is 14.1. The number of aromatic nitrogens is 2. The number of nitrogens with one attached hydrogen (secondary N) is 1. The van der Waals surface area contributed by atoms with E-state index < -0.39 is 0 Å². The number of benzene rings is 1. The van der Waals surface area contributed by atoms with E-state index in [0.29, 0.717) is 32.4 Å². The van der Waals surface area contributed by atoms with Crippen LogP contribution in [0.4, 0.5) is 5.13 Å². The van der Waals surface area contributed by atoms with Crippen LogP contribution in [-0.4, -0.2) is 15.9 Å². The van der Waals surface area contributed by atoms with Crippen molar-refractivity contribution in [2.45, 2.75) is 16.5 Å². The zero-order chi connectivity index (χ0) is 20.2. The van der Waals surface area contributed by atoms with E-state index in [1.807, 2.05) is 29.0 Å². The van der Waals surface area contributed by atoms with Crippen LogP contribution in [0.3, 0.4) is 0 Å². The van der Waals surface area contributed by atoms with Crippen LogP contribution >= 0.6 is 57.6 Å². The van der Waals surface area contributed by atoms with Crippen molar-refractivity contribution < 1.29 is 9.21 Å². The van der Waals surface area contributed by atoms with Crippen LogP contribution < -0.4 is 5.32 Å². The van der Waals surface area contributed by atoms with Crippen molar-refractivity contribution in [1.82, 2.24) is 9.97 Å². The van der Waals surface area contributed by atoms with E-state index in [-0.39, 0.29) is 12.3 Å². The lowest BCUT2D eigenvalue weighted by Crippen LogP contribution is -2.14. The summed E-state index contributed by atoms with van der Waals surface area (Å²) in [5.74, 6) is 1.20. The van der Waals surface area contributed by atoms with Gasteiger partial charge in [0.05, 0.1) is 18.4 Å². The van der Waals surface area contributed by atoms with Crippen molar-refractivity contribution in [2.75, 3.05) is 5.32 Å². The second-order valence-electron chi connectivity index (χ2n) is 5.87. The Morgan fingerprint density at radius 3 is 2.86 bits per heavy atom. The van der Waals surface area contributed by atoms with Crippen molar-refractivity contribution in [2.24, 2.45) is 0 Å². The predicted octanol–water partition coefficient (Wildman–Crippen LogP) is 6.64. The molecule has 10 heteroatoms. The maximum absolute atomic E-state index is 12.3. The van der Waals surface area contributed by atoms with E-state index in [9.17, 15) is 4.79 Å². The van der Waals surface area contributed by atoms with Gasteiger partial charge in [-0.25, -0.2) is 9.97 Å². The highest BCUT2D eigenvalue weighted by molar-refractivity contribution is 8.00. The zero-order valence-corrected chi connectivity index (χ0v) is 18.7. The molecule has 4 rings (SSSR count). The summed E-state index contributed by atoms with van der Waals surface area (Å²) in [4.78, 5) is 21.2. The summed E-state index contributed by atoms with van der Waals surface area (Å²) in [7, 11) is 0. The van der Waals surface area contributed by atoms with E-state index >= 15 is 0 Å². The Kier molecular flexibility index (Phi) is 6.56. The van der Waals surface area contributed by atoms with Gasteiger partial charge < -0.3 is 9.73 Å². The van der Waals surface area contributed by atoms with Gasteiger partial charge >= 0.3 is 0 Å². The third-order valence-electron chi connectivity index (χ3n) is 3.76. The molecule has 0 atom stereocenters. The smallest absolute Gasteiger partial charge is 0.232 e. The maximum Gasteiger partial charge on any atom is 0.232 e. The molecule has 3 aromatic heterocycles. The Bertz CT molecular complexity index is 1130. The highest BCUT2D eigenvalue weighted by Crippen LogP contribution is 2.30. The van der Waals surface area contributed by atoms with Crippen LogP contribution in [0.2, 0.25) is 10.0 Å². The Hall–Kier alpha value is -1.84. The Morgan fingerprint density at radius 1 is 1.17 bits per heavy atom. The van der Waals surface area contributed by atoms with Crippen molar-refractivity contribution in [3.05, 3.63) is 68.7 Å². The fourth-order valence-electron chi connectivity index (χ4n) is 2.41. The van der Waals surface area contributed by atoms with E-state index in [1.165, 1.54) is 22.7 Å². The average molecular weight is 482 g/mol. The van der Waals surface area contributed by atoms with Gasteiger partial charge in [-0.15, -0.1) is 22.7 Å². The molecule has 0 radical (unpaired) electrons. The van der Waals surface area contributed by atoms with Gasteiger partial charge in [-0.3, -0.25) is 4.79 Å². The van der Waals surface area contributed by atoms with Crippen LogP contribution in [0.25, 0.3) is 11.5 Å². The third kappa shape index (κ3) is 5.40. The lowest BCUT2D eigenvalue weighted by molar-refractivity contribution is -0.115. The van der Waals surface area contributed by atoms with Crippen molar-refractivity contribution in [3.8, 4) is 11.5 Å². The minimum Gasteiger partial charge on any atom is -0.463 e. The Morgan fingerprint density at radius 2 is 2.07 bits per heavy atom. The van der Waals surface area contributed by atoms with E-state index in [1.54, 1.807) is 30.2 Å². The highest BCUT2D eigenvalue weighted by Gasteiger charge is 2.12. The normalized spacial score (nSPS) is 11.0. The molecule has 1 aromatic carbocycles. The predicted molar refractivity (Wildman–Crippen MR) is 120 cm³/mol. The minimum atomic E-state index is -0.159. The van der Waals surface area contributed by atoms with Gasteiger partial charge in [0.25, 0.3) is 0 Å². The largest absolute Gasteiger partial charge is 0.463 e. The fraction of sp³-hybridized carbons (Fsp3) is 0.105. The number of hydrogen-bond donors (Lipinski definition) is 1. The second-order valence-corrected chi connectivity index (χ2v) is 9.65. The standard InChI is InChI=1S/C19H13Cl2N3O2S3/c20-12-4-3-11(14(21)6-12)8-28-19-22-13(9-29-19)7-17(25)24-18-23-15(10-27-18)16-2-1-5-26-16/h1-6,9-10H,7-8H2,(H,23,24,25). The first kappa shape index (κ1) is 20.4. The summed E-state index contributed by atoms with van der Waals surface area (Å²) in [5, 5.41) is 8.32. The quantitative estimate of drug-likeness (QED) is 0.299. The first-order valence-corrected chi connectivity index (χ1v) is 11.9. The van der Waals surface area contributed by atoms with Crippen LogP contribution in [0.15, 0.2) is 56.1 Å². The number of halogens is 2. The SMILES string of the molecule is O=C(Cc1csc(SCc2ccc(Cl)cc2Cl)n1)Nc1nc(-c2ccco2)cs1. The monoisotopic (exact) mass is 481 g/mol. The number of hydrogen-bond acceptors (Lipinski definition) is 7. The average Bonchev–Trinajstić information content (AvgIpc) is 3.42. The van der Waals surface area contributed by atoms with Gasteiger partial charge in [-0.2, -0.15) is 0 Å². The number of nitrogens with zero attached hydrogens (tertiary/aromatic N) is 2. The number of thiazole rings is 2. The molecule has 4 aromatic rings. The molecule has 0 aliphatic heterocycles. The number of carbonyl (C=O) groups is 1. The molecule has 0 fully saturated rings. The number of rotatable bonds is 7. The summed E-state index contributed by atoms with van der Waals surface area (Å²) < 4.78 is 6.19. The lowest BCUT2D eigenvalue weighted by Gasteiger charge is -2.02. The summed E-state index contributed by atoms with van der Waals surface area (Å²) in [6.45, 7) is 0. The van der Waals surface area contributed by atoms with Crippen LogP contribution in [0.5, 0.6) is 0 Å². The number of thioether (sulfide) groups is 1. The van der Waals surface area contributed by atoms with Crippen molar-refractivity contribution >= 4 is 68.7 Å². The second kappa shape index (κ2) is 9.32. The molecule has 0 bridgehead atoms. The van der Waals surface area contributed by atoms with Crippen LogP contribution in [0.1, 0.15) is 11.3 Å². The molecule has 0 saturated heterocycles. The molecule has 0 unspecified atom stereocenters. The van der Waals surface area contributed by atoms with Gasteiger partial charge in [-0.05, 0) is 29.8 Å². The minimum absolute atomic E-state index is 0.159. The van der Waals surface area contributed by atoms with Crippen molar-refractivity contribution in [3.63, 3.8) is 0 Å². The third-order valence-corrected chi connectivity index (χ3v) is 7.23. The van der Waals surface area contributed by atoms with Gasteiger partial charge in [0.1, 0.15) is 10.0 Å². The molecular weight excluding hydrogens is 469 g/mol. The molecule has 0 spiro atoms. The molecule has 5 nitrogen and oxygen atoms in total. The van der Waals surface area contributed by atoms with Crippen LogP contribution in [-0.2, 0) is 17.0 Å². The summed E-state index contributed by atoms with van der Waals surface area (Å²) in [6.07, 6.45) is 1.78. The Balaban J connectivity index is 1.31. The van der Waals surface area contributed by atoms with Gasteiger partial charge in [0.2, 0.25) is 5.91 Å². The Labute approximate surface area is 189 Å². The summed E-state index contributed by atoms with van der Waals surface area (Å²) >= 11 is 16.6. The zero-order valence-electron chi connectivity index (χ0n) is 14.7. The molecule has 3 heterocycles. The van der Waals surface area contributed by atoms with Gasteiger partial charge in [0, 0.05) is 26.6 Å². The first-order valence-electron chi connectivity index (χ1n) is 8.37. The number of amides is 1. The van der Waals surface area contributed by atoms with Gasteiger partial charge in [0.15, 0.2) is 10.9 Å². The topological polar surface area (TPSA) is 68.0 Å². The molecular formula is C19H13Cl2N3O2S3. The molecule has 29 heavy (non-hydrogen) atoms. The van der Waals surface area contributed by atoms with Gasteiger partial charge in [-0.1, -0.05) is 41.0 Å². The number of carbonyl (C=O) groups excluding carboxylic acids is 1. The molecule has 1 amide bonds. The lowest BCUT2D eigenvalue weighted by atomic mass is 10.2. The molecule has 0 aliphatic rings. The number of anilines is 1. The maximum atomic E-state index is 12.3. The fourth-order valence-corrected chi connectivity index (χ4v) is 5.53. The van der Waals surface area contributed by atoms with Crippen molar-refractivity contribution in [1.29, 1.82) is 0 Å². The van der Waals surface area contributed by atoms with Crippen LogP contribution in [0, 0.1) is 0 Å². The molecule has 1 N–H and O–H groups in total. The summed E-state index contributed by atoms with van der Waals surface area (Å²) in [6, 6.07) is 9.08. The summed E-state index contributed by atoms with van der Waals surface area (Å²) in [5.41, 5.74) is 2.41. The molecule has 0 aliphatic carbocycles. The van der Waals surface area contributed by atoms with E-state index in [2.05, 4.69) is 15.3 Å². The van der Waals surface area contributed by atoms with E-state index in [0.717, 1.165) is 15.6 Å².